The Labute approximate surface area is 89.6 Å². The van der Waals surface area contributed by atoms with E-state index in [1.165, 1.54) is 12.0 Å². The molecule has 0 amide bonds. The van der Waals surface area contributed by atoms with Gasteiger partial charge in [0.2, 0.25) is 0 Å². The van der Waals surface area contributed by atoms with Crippen molar-refractivity contribution >= 4 is 0 Å². The smallest absolute Gasteiger partial charge is 0.119 e. The highest BCUT2D eigenvalue weighted by molar-refractivity contribution is 5.47. The molecule has 80 valence electrons. The molecule has 0 bridgehead atoms. The summed E-state index contributed by atoms with van der Waals surface area (Å²) in [4.78, 5) is 0. The Morgan fingerprint density at radius 2 is 2.07 bits per heavy atom. The van der Waals surface area contributed by atoms with Crippen molar-refractivity contribution in [1.82, 2.24) is 0 Å². The third-order valence-electron chi connectivity index (χ3n) is 4.24. The largest absolute Gasteiger partial charge is 0.508 e. The van der Waals surface area contributed by atoms with Gasteiger partial charge in [0.1, 0.15) is 5.75 Å². The first-order valence-electron chi connectivity index (χ1n) is 5.73. The minimum atomic E-state index is -0.208. The highest BCUT2D eigenvalue weighted by Crippen LogP contribution is 2.52. The molecule has 0 aromatic heterocycles. The van der Waals surface area contributed by atoms with Crippen LogP contribution in [0.2, 0.25) is 0 Å². The van der Waals surface area contributed by atoms with Gasteiger partial charge in [-0.15, -0.1) is 0 Å². The van der Waals surface area contributed by atoms with Crippen LogP contribution in [0.4, 0.5) is 0 Å². The number of aliphatic hydroxyl groups is 1. The maximum Gasteiger partial charge on any atom is 0.119 e. The van der Waals surface area contributed by atoms with Crippen LogP contribution >= 0.6 is 0 Å². The molecule has 1 spiro atoms. The minimum Gasteiger partial charge on any atom is -0.508 e. The Bertz CT molecular complexity index is 394. The zero-order valence-corrected chi connectivity index (χ0v) is 8.74. The van der Waals surface area contributed by atoms with E-state index in [0.29, 0.717) is 5.75 Å². The van der Waals surface area contributed by atoms with Gasteiger partial charge in [-0.25, -0.2) is 0 Å². The summed E-state index contributed by atoms with van der Waals surface area (Å²) in [6.45, 7) is 0. The topological polar surface area (TPSA) is 40.5 Å². The molecule has 3 rings (SSSR count). The second kappa shape index (κ2) is 2.99. The zero-order chi connectivity index (χ0) is 10.5. The van der Waals surface area contributed by atoms with E-state index in [0.717, 1.165) is 31.2 Å². The van der Waals surface area contributed by atoms with E-state index in [1.807, 2.05) is 6.07 Å². The predicted molar refractivity (Wildman–Crippen MR) is 58.0 cm³/mol. The quantitative estimate of drug-likeness (QED) is 0.679. The molecule has 1 aromatic rings. The van der Waals surface area contributed by atoms with E-state index in [1.54, 1.807) is 6.07 Å². The van der Waals surface area contributed by atoms with Crippen LogP contribution in [0.5, 0.6) is 5.75 Å². The van der Waals surface area contributed by atoms with E-state index in [4.69, 9.17) is 0 Å². The summed E-state index contributed by atoms with van der Waals surface area (Å²) in [7, 11) is 0. The average Bonchev–Trinajstić information content (AvgIpc) is 2.15. The lowest BCUT2D eigenvalue weighted by Gasteiger charge is -2.49. The lowest BCUT2D eigenvalue weighted by atomic mass is 9.57. The summed E-state index contributed by atoms with van der Waals surface area (Å²) < 4.78 is 0. The molecule has 15 heavy (non-hydrogen) atoms. The normalized spacial score (nSPS) is 27.1. The summed E-state index contributed by atoms with van der Waals surface area (Å²) in [6.07, 6.45) is 4.75. The number of hydrogen-bond acceptors (Lipinski definition) is 2. The Hall–Kier alpha value is -1.02. The summed E-state index contributed by atoms with van der Waals surface area (Å²) in [5.41, 5.74) is 2.25. The van der Waals surface area contributed by atoms with Crippen LogP contribution in [-0.4, -0.2) is 16.3 Å². The van der Waals surface area contributed by atoms with Crippen LogP contribution in [0, 0.1) is 0 Å². The zero-order valence-electron chi connectivity index (χ0n) is 8.74. The Morgan fingerprint density at radius 3 is 2.73 bits per heavy atom. The molecule has 1 aromatic carbocycles. The van der Waals surface area contributed by atoms with E-state index in [-0.39, 0.29) is 11.5 Å². The first kappa shape index (κ1) is 9.22. The Balaban J connectivity index is 2.16. The van der Waals surface area contributed by atoms with Crippen molar-refractivity contribution in [3.63, 3.8) is 0 Å². The van der Waals surface area contributed by atoms with E-state index in [2.05, 4.69) is 6.07 Å². The Kier molecular flexibility index (Phi) is 1.84. The molecule has 1 fully saturated rings. The lowest BCUT2D eigenvalue weighted by Crippen LogP contribution is -2.48. The molecular formula is C13H16O2. The van der Waals surface area contributed by atoms with Crippen molar-refractivity contribution in [3.8, 4) is 5.75 Å². The van der Waals surface area contributed by atoms with Gasteiger partial charge in [-0.3, -0.25) is 0 Å². The van der Waals surface area contributed by atoms with E-state index in [9.17, 15) is 10.2 Å². The highest BCUT2D eigenvalue weighted by Gasteiger charge is 2.48. The van der Waals surface area contributed by atoms with Gasteiger partial charge >= 0.3 is 0 Å². The SMILES string of the molecule is Oc1cccc2c1CCC(O)C21CCC1. The Morgan fingerprint density at radius 1 is 1.27 bits per heavy atom. The minimum absolute atomic E-state index is 0.0215. The standard InChI is InChI=1S/C13H16O2/c14-11-4-1-3-10-9(11)5-6-12(15)13(10)7-2-8-13/h1,3-4,12,14-15H,2,5-8H2. The monoisotopic (exact) mass is 204 g/mol. The molecule has 0 radical (unpaired) electrons. The predicted octanol–water partition coefficient (Wildman–Crippen LogP) is 2.12. The van der Waals surface area contributed by atoms with Gasteiger partial charge in [0.05, 0.1) is 6.10 Å². The van der Waals surface area contributed by atoms with Crippen molar-refractivity contribution in [2.75, 3.05) is 0 Å². The molecule has 2 N–H and O–H groups in total. The second-order valence-electron chi connectivity index (χ2n) is 4.87. The highest BCUT2D eigenvalue weighted by atomic mass is 16.3. The number of phenols is 1. The van der Waals surface area contributed by atoms with E-state index >= 15 is 0 Å². The summed E-state index contributed by atoms with van der Waals surface area (Å²) in [5.74, 6) is 0.408. The molecule has 2 nitrogen and oxygen atoms in total. The maximum atomic E-state index is 10.1. The van der Waals surface area contributed by atoms with Gasteiger partial charge in [-0.1, -0.05) is 18.6 Å². The van der Waals surface area contributed by atoms with Crippen molar-refractivity contribution in [2.45, 2.75) is 43.6 Å². The molecule has 0 saturated heterocycles. The first-order chi connectivity index (χ1) is 7.24. The number of benzene rings is 1. The van der Waals surface area contributed by atoms with Crippen LogP contribution < -0.4 is 0 Å². The van der Waals surface area contributed by atoms with Crippen molar-refractivity contribution in [2.24, 2.45) is 0 Å². The fourth-order valence-corrected chi connectivity index (χ4v) is 3.20. The average molecular weight is 204 g/mol. The first-order valence-corrected chi connectivity index (χ1v) is 5.73. The van der Waals surface area contributed by atoms with Crippen molar-refractivity contribution < 1.29 is 10.2 Å². The summed E-state index contributed by atoms with van der Waals surface area (Å²) in [6, 6.07) is 5.73. The summed E-state index contributed by atoms with van der Waals surface area (Å²) in [5, 5.41) is 19.9. The van der Waals surface area contributed by atoms with Gasteiger partial charge in [-0.2, -0.15) is 0 Å². The van der Waals surface area contributed by atoms with Gasteiger partial charge in [0.25, 0.3) is 0 Å². The number of hydrogen-bond donors (Lipinski definition) is 2. The van der Waals surface area contributed by atoms with Crippen LogP contribution in [-0.2, 0) is 11.8 Å². The van der Waals surface area contributed by atoms with Crippen molar-refractivity contribution in [3.05, 3.63) is 29.3 Å². The third-order valence-corrected chi connectivity index (χ3v) is 4.24. The molecule has 2 aliphatic carbocycles. The molecule has 2 heteroatoms. The third kappa shape index (κ3) is 1.08. The number of fused-ring (bicyclic) bond motifs is 2. The molecule has 1 unspecified atom stereocenters. The van der Waals surface area contributed by atoms with Crippen molar-refractivity contribution in [1.29, 1.82) is 0 Å². The van der Waals surface area contributed by atoms with Gasteiger partial charge in [-0.05, 0) is 42.9 Å². The second-order valence-corrected chi connectivity index (χ2v) is 4.87. The maximum absolute atomic E-state index is 10.1. The molecule has 2 aliphatic rings. The molecular weight excluding hydrogens is 188 g/mol. The number of rotatable bonds is 0. The summed E-state index contributed by atoms with van der Waals surface area (Å²) >= 11 is 0. The molecule has 1 atom stereocenters. The number of aliphatic hydroxyl groups excluding tert-OH is 1. The van der Waals surface area contributed by atoms with Crippen LogP contribution in [0.1, 0.15) is 36.8 Å². The van der Waals surface area contributed by atoms with Gasteiger partial charge in [0, 0.05) is 5.41 Å². The fourth-order valence-electron chi connectivity index (χ4n) is 3.20. The van der Waals surface area contributed by atoms with Gasteiger partial charge in [0.15, 0.2) is 0 Å². The van der Waals surface area contributed by atoms with Gasteiger partial charge < -0.3 is 10.2 Å². The van der Waals surface area contributed by atoms with Crippen LogP contribution in [0.25, 0.3) is 0 Å². The lowest BCUT2D eigenvalue weighted by molar-refractivity contribution is 0.0140. The van der Waals surface area contributed by atoms with Crippen LogP contribution in [0.15, 0.2) is 18.2 Å². The number of aromatic hydroxyl groups is 1. The molecule has 0 heterocycles. The van der Waals surface area contributed by atoms with Crippen LogP contribution in [0.3, 0.4) is 0 Å². The molecule has 1 saturated carbocycles. The fraction of sp³-hybridized carbons (Fsp3) is 0.538. The van der Waals surface area contributed by atoms with E-state index < -0.39 is 0 Å². The molecule has 0 aliphatic heterocycles. The number of phenolic OH excluding ortho intramolecular Hbond substituents is 1.